The number of nitrogens with zero attached hydrogens (tertiary/aromatic N) is 3. The number of hydrogen-bond acceptors (Lipinski definition) is 9. The number of aromatic amines is 1. The van der Waals surface area contributed by atoms with Crippen LogP contribution in [-0.2, 0) is 16.1 Å². The van der Waals surface area contributed by atoms with Crippen LogP contribution in [0.3, 0.4) is 0 Å². The molecule has 0 aliphatic rings. The monoisotopic (exact) mass is 459 g/mol. The minimum atomic E-state index is -1.44. The van der Waals surface area contributed by atoms with Gasteiger partial charge in [-0.1, -0.05) is 0 Å². The van der Waals surface area contributed by atoms with Gasteiger partial charge in [0.15, 0.2) is 11.2 Å². The number of nitrogens with two attached hydrogens (primary N) is 1. The molecule has 172 valence electrons. The summed E-state index contributed by atoms with van der Waals surface area (Å²) in [6.45, 7) is -0.00844. The standard InChI is InChI=1S/C19H18FN7O6/c20-10-5-8(16(30)25-12(18(32)33)3-4-13(28)29)1-2-11(10)22-6-9-7-23-15-14(24-9)17(31)27-19(21)26-15/h1-2,5,7,12,22H,3-4,6H2,(H,25,30)(H,28,29)(H,32,33)(H3,21,23,26,27,31). The number of hydrogen-bond donors (Lipinski definition) is 6. The molecule has 1 unspecified atom stereocenters. The van der Waals surface area contributed by atoms with Crippen molar-refractivity contribution >= 4 is 40.6 Å². The molecule has 1 amide bonds. The minimum absolute atomic E-state index is 0.00844. The highest BCUT2D eigenvalue weighted by molar-refractivity contribution is 5.97. The lowest BCUT2D eigenvalue weighted by atomic mass is 10.1. The Kier molecular flexibility index (Phi) is 6.76. The average Bonchev–Trinajstić information content (AvgIpc) is 2.75. The number of carboxylic acid groups (broad SMARTS) is 2. The Morgan fingerprint density at radius 2 is 1.97 bits per heavy atom. The maximum Gasteiger partial charge on any atom is 0.326 e. The first-order valence-corrected chi connectivity index (χ1v) is 9.44. The summed E-state index contributed by atoms with van der Waals surface area (Å²) in [5, 5.41) is 22.7. The number of carbonyl (C=O) groups excluding carboxylic acids is 1. The molecule has 2 aromatic heterocycles. The van der Waals surface area contributed by atoms with E-state index in [1.807, 2.05) is 0 Å². The predicted molar refractivity (Wildman–Crippen MR) is 112 cm³/mol. The topological polar surface area (TPSA) is 213 Å². The molecule has 3 rings (SSSR count). The fourth-order valence-electron chi connectivity index (χ4n) is 2.81. The summed E-state index contributed by atoms with van der Waals surface area (Å²) in [7, 11) is 0. The lowest BCUT2D eigenvalue weighted by molar-refractivity contribution is -0.140. The SMILES string of the molecule is Nc1nc2ncc(CNc3ccc(C(=O)NC(CCC(=O)O)C(=O)O)cc3F)nc2c(=O)[nH]1. The van der Waals surface area contributed by atoms with E-state index in [-0.39, 0.29) is 41.3 Å². The Bertz CT molecular complexity index is 1300. The molecule has 0 fully saturated rings. The highest BCUT2D eigenvalue weighted by atomic mass is 19.1. The van der Waals surface area contributed by atoms with Gasteiger partial charge in [0, 0.05) is 12.0 Å². The molecule has 7 N–H and O–H groups in total. The third-order valence-electron chi connectivity index (χ3n) is 4.43. The number of anilines is 2. The summed E-state index contributed by atoms with van der Waals surface area (Å²) < 4.78 is 14.5. The second kappa shape index (κ2) is 9.67. The molecule has 0 aliphatic heterocycles. The molecule has 0 radical (unpaired) electrons. The van der Waals surface area contributed by atoms with Crippen molar-refractivity contribution in [2.75, 3.05) is 11.1 Å². The smallest absolute Gasteiger partial charge is 0.326 e. The zero-order chi connectivity index (χ0) is 24.1. The number of aromatic nitrogens is 4. The number of nitrogen functional groups attached to an aromatic ring is 1. The molecule has 0 saturated heterocycles. The van der Waals surface area contributed by atoms with Gasteiger partial charge in [-0.2, -0.15) is 4.98 Å². The van der Waals surface area contributed by atoms with Crippen molar-refractivity contribution < 1.29 is 29.0 Å². The van der Waals surface area contributed by atoms with Crippen LogP contribution in [0.1, 0.15) is 28.9 Å². The quantitative estimate of drug-likeness (QED) is 0.252. The van der Waals surface area contributed by atoms with Crippen LogP contribution in [0, 0.1) is 5.82 Å². The number of benzene rings is 1. The molecule has 33 heavy (non-hydrogen) atoms. The van der Waals surface area contributed by atoms with E-state index in [1.54, 1.807) is 0 Å². The van der Waals surface area contributed by atoms with Crippen molar-refractivity contribution in [1.29, 1.82) is 0 Å². The van der Waals surface area contributed by atoms with Gasteiger partial charge in [-0.15, -0.1) is 0 Å². The van der Waals surface area contributed by atoms with E-state index in [0.29, 0.717) is 5.69 Å². The van der Waals surface area contributed by atoms with Crippen LogP contribution in [0.25, 0.3) is 11.2 Å². The second-order valence-corrected chi connectivity index (χ2v) is 6.83. The summed E-state index contributed by atoms with van der Waals surface area (Å²) >= 11 is 0. The Morgan fingerprint density at radius 1 is 1.21 bits per heavy atom. The Hall–Kier alpha value is -4.62. The largest absolute Gasteiger partial charge is 0.481 e. The van der Waals surface area contributed by atoms with Crippen LogP contribution in [-0.4, -0.2) is 54.0 Å². The van der Waals surface area contributed by atoms with Crippen LogP contribution in [0.15, 0.2) is 29.2 Å². The number of fused-ring (bicyclic) bond motifs is 1. The Morgan fingerprint density at radius 3 is 2.64 bits per heavy atom. The number of aliphatic carboxylic acids is 2. The third kappa shape index (κ3) is 5.75. The normalized spacial score (nSPS) is 11.7. The van der Waals surface area contributed by atoms with Crippen LogP contribution in [0.5, 0.6) is 0 Å². The Balaban J connectivity index is 1.68. The van der Waals surface area contributed by atoms with Gasteiger partial charge in [0.25, 0.3) is 11.5 Å². The molecule has 0 saturated carbocycles. The molecule has 2 heterocycles. The number of amides is 1. The van der Waals surface area contributed by atoms with Gasteiger partial charge in [0.05, 0.1) is 24.1 Å². The van der Waals surface area contributed by atoms with E-state index >= 15 is 0 Å². The van der Waals surface area contributed by atoms with Crippen LogP contribution < -0.4 is 21.9 Å². The zero-order valence-electron chi connectivity index (χ0n) is 16.8. The predicted octanol–water partition coefficient (Wildman–Crippen LogP) is 0.0943. The number of carboxylic acids is 2. The van der Waals surface area contributed by atoms with E-state index < -0.39 is 41.7 Å². The lowest BCUT2D eigenvalue weighted by Crippen LogP contribution is -2.41. The van der Waals surface area contributed by atoms with Gasteiger partial charge in [0.2, 0.25) is 5.95 Å². The maximum atomic E-state index is 14.5. The fourth-order valence-corrected chi connectivity index (χ4v) is 2.81. The van der Waals surface area contributed by atoms with E-state index in [2.05, 4.69) is 30.6 Å². The van der Waals surface area contributed by atoms with Crippen LogP contribution >= 0.6 is 0 Å². The van der Waals surface area contributed by atoms with Crippen molar-refractivity contribution in [3.8, 4) is 0 Å². The molecule has 1 atom stereocenters. The molecule has 0 spiro atoms. The lowest BCUT2D eigenvalue weighted by Gasteiger charge is -2.14. The van der Waals surface area contributed by atoms with Crippen LogP contribution in [0.2, 0.25) is 0 Å². The van der Waals surface area contributed by atoms with Gasteiger partial charge >= 0.3 is 11.9 Å². The van der Waals surface area contributed by atoms with E-state index in [4.69, 9.17) is 15.9 Å². The molecule has 0 bridgehead atoms. The first kappa shape index (κ1) is 23.1. The molecule has 13 nitrogen and oxygen atoms in total. The van der Waals surface area contributed by atoms with E-state index in [1.165, 1.54) is 18.3 Å². The van der Waals surface area contributed by atoms with Gasteiger partial charge in [-0.25, -0.2) is 19.2 Å². The van der Waals surface area contributed by atoms with E-state index in [9.17, 15) is 23.6 Å². The van der Waals surface area contributed by atoms with Gasteiger partial charge in [-0.3, -0.25) is 19.4 Å². The maximum absolute atomic E-state index is 14.5. The second-order valence-electron chi connectivity index (χ2n) is 6.83. The van der Waals surface area contributed by atoms with Gasteiger partial charge in [-0.05, 0) is 24.6 Å². The minimum Gasteiger partial charge on any atom is -0.481 e. The molecule has 0 aliphatic carbocycles. The van der Waals surface area contributed by atoms with Gasteiger partial charge < -0.3 is 26.6 Å². The molecule has 1 aromatic carbocycles. The highest BCUT2D eigenvalue weighted by Crippen LogP contribution is 2.17. The first-order chi connectivity index (χ1) is 15.6. The number of nitrogens with one attached hydrogen (secondary N) is 3. The number of halogens is 1. The highest BCUT2D eigenvalue weighted by Gasteiger charge is 2.22. The number of carbonyl (C=O) groups is 3. The van der Waals surface area contributed by atoms with Gasteiger partial charge in [0.1, 0.15) is 11.9 Å². The van der Waals surface area contributed by atoms with E-state index in [0.717, 1.165) is 6.07 Å². The van der Waals surface area contributed by atoms with Crippen molar-refractivity contribution in [2.24, 2.45) is 0 Å². The summed E-state index contributed by atoms with van der Waals surface area (Å²) in [5.41, 5.74) is 5.07. The number of H-pyrrole nitrogens is 1. The fraction of sp³-hybridized carbons (Fsp3) is 0.211. The summed E-state index contributed by atoms with van der Waals surface area (Å²) in [6, 6.07) is 1.99. The van der Waals surface area contributed by atoms with Crippen molar-refractivity contribution in [1.82, 2.24) is 25.3 Å². The average molecular weight is 459 g/mol. The van der Waals surface area contributed by atoms with Crippen molar-refractivity contribution in [3.63, 3.8) is 0 Å². The summed E-state index contributed by atoms with van der Waals surface area (Å²) in [5.74, 6) is -4.39. The molecular weight excluding hydrogens is 441 g/mol. The molecule has 3 aromatic rings. The third-order valence-corrected chi connectivity index (χ3v) is 4.43. The zero-order valence-corrected chi connectivity index (χ0v) is 16.8. The molecular formula is C19H18FN7O6. The summed E-state index contributed by atoms with van der Waals surface area (Å²) in [6.07, 6.45) is 0.557. The Labute approximate surface area is 183 Å². The van der Waals surface area contributed by atoms with Crippen LogP contribution in [0.4, 0.5) is 16.0 Å². The first-order valence-electron chi connectivity index (χ1n) is 9.44. The summed E-state index contributed by atoms with van der Waals surface area (Å²) in [4.78, 5) is 60.3. The molecule has 14 heteroatoms. The van der Waals surface area contributed by atoms with Crippen molar-refractivity contribution in [2.45, 2.75) is 25.4 Å². The van der Waals surface area contributed by atoms with Crippen molar-refractivity contribution in [3.05, 3.63) is 51.8 Å². The number of rotatable bonds is 9.